The second-order valence-corrected chi connectivity index (χ2v) is 8.44. The van der Waals surface area contributed by atoms with Gasteiger partial charge in [-0.25, -0.2) is 15.0 Å². The fraction of sp³-hybridized carbons (Fsp3) is 0. The van der Waals surface area contributed by atoms with Crippen molar-refractivity contribution in [3.8, 4) is 33.8 Å². The van der Waals surface area contributed by atoms with Crippen LogP contribution in [0.1, 0.15) is 0 Å². The Labute approximate surface area is 201 Å². The van der Waals surface area contributed by atoms with E-state index in [2.05, 4.69) is 39.7 Å². The zero-order valence-corrected chi connectivity index (χ0v) is 18.7. The van der Waals surface area contributed by atoms with Crippen LogP contribution in [0.2, 0.25) is 0 Å². The quantitative estimate of drug-likeness (QED) is 0.297. The molecule has 0 fully saturated rings. The molecule has 5 heteroatoms. The van der Waals surface area contributed by atoms with Crippen molar-refractivity contribution in [2.45, 2.75) is 0 Å². The molecule has 0 atom stereocenters. The van der Waals surface area contributed by atoms with Gasteiger partial charge in [-0.15, -0.1) is 0 Å². The van der Waals surface area contributed by atoms with Crippen molar-refractivity contribution < 1.29 is 0 Å². The Hall–Kier alpha value is -4.90. The number of benzene rings is 2. The van der Waals surface area contributed by atoms with Gasteiger partial charge in [0.05, 0.1) is 28.1 Å². The van der Waals surface area contributed by atoms with E-state index in [4.69, 9.17) is 15.0 Å². The van der Waals surface area contributed by atoms with Crippen molar-refractivity contribution >= 4 is 27.6 Å². The van der Waals surface area contributed by atoms with E-state index in [1.54, 1.807) is 6.20 Å². The van der Waals surface area contributed by atoms with Gasteiger partial charge < -0.3 is 0 Å². The van der Waals surface area contributed by atoms with E-state index in [-0.39, 0.29) is 0 Å². The number of para-hydroxylation sites is 1. The van der Waals surface area contributed by atoms with Crippen molar-refractivity contribution in [1.82, 2.24) is 24.3 Å². The van der Waals surface area contributed by atoms with Crippen LogP contribution in [-0.2, 0) is 0 Å². The molecule has 0 radical (unpaired) electrons. The maximum absolute atomic E-state index is 5.07. The molecule has 5 aromatic heterocycles. The summed E-state index contributed by atoms with van der Waals surface area (Å²) >= 11 is 0. The van der Waals surface area contributed by atoms with Crippen LogP contribution in [0.25, 0.3) is 61.4 Å². The highest BCUT2D eigenvalue weighted by atomic mass is 15.0. The fourth-order valence-electron chi connectivity index (χ4n) is 4.63. The van der Waals surface area contributed by atoms with E-state index in [0.29, 0.717) is 0 Å². The summed E-state index contributed by atoms with van der Waals surface area (Å²) in [6.07, 6.45) is 5.65. The lowest BCUT2D eigenvalue weighted by atomic mass is 10.0. The summed E-state index contributed by atoms with van der Waals surface area (Å²) < 4.78 is 2.12. The Morgan fingerprint density at radius 1 is 0.571 bits per heavy atom. The standard InChI is InChI=1S/C30H19N5/c1-2-9-26-23(8-1)29-30(35-18-4-3-12-27(35)34-29)28(33-26)21-15-13-20(14-16-21)24-10-5-11-25(32-24)22-7-6-17-31-19-22/h1-19H. The summed E-state index contributed by atoms with van der Waals surface area (Å²) in [4.78, 5) is 19.1. The molecule has 2 aromatic carbocycles. The van der Waals surface area contributed by atoms with Crippen molar-refractivity contribution in [3.63, 3.8) is 0 Å². The Bertz CT molecular complexity index is 1840. The minimum atomic E-state index is 0.906. The third-order valence-corrected chi connectivity index (χ3v) is 6.31. The van der Waals surface area contributed by atoms with Crippen LogP contribution in [0, 0.1) is 0 Å². The van der Waals surface area contributed by atoms with Crippen LogP contribution in [0.3, 0.4) is 0 Å². The lowest BCUT2D eigenvalue weighted by Crippen LogP contribution is -1.92. The Morgan fingerprint density at radius 2 is 1.37 bits per heavy atom. The largest absolute Gasteiger partial charge is 0.298 e. The van der Waals surface area contributed by atoms with Gasteiger partial charge in [0.15, 0.2) is 0 Å². The van der Waals surface area contributed by atoms with Crippen LogP contribution in [0.4, 0.5) is 0 Å². The highest BCUT2D eigenvalue weighted by molar-refractivity contribution is 6.09. The van der Waals surface area contributed by atoms with Gasteiger partial charge in [0, 0.05) is 40.7 Å². The number of rotatable bonds is 3. The average Bonchev–Trinajstić information content (AvgIpc) is 3.33. The van der Waals surface area contributed by atoms with Gasteiger partial charge in [0.1, 0.15) is 11.2 Å². The molecule has 7 rings (SSSR count). The van der Waals surface area contributed by atoms with Crippen LogP contribution >= 0.6 is 0 Å². The molecule has 0 bridgehead atoms. The van der Waals surface area contributed by atoms with Crippen LogP contribution in [0.15, 0.2) is 116 Å². The van der Waals surface area contributed by atoms with Gasteiger partial charge in [-0.3, -0.25) is 9.38 Å². The van der Waals surface area contributed by atoms with Crippen LogP contribution < -0.4 is 0 Å². The lowest BCUT2D eigenvalue weighted by Gasteiger charge is -2.09. The van der Waals surface area contributed by atoms with Crippen molar-refractivity contribution in [3.05, 3.63) is 116 Å². The molecule has 0 saturated heterocycles. The zero-order chi connectivity index (χ0) is 23.2. The molecule has 7 aromatic rings. The molecular weight excluding hydrogens is 430 g/mol. The van der Waals surface area contributed by atoms with E-state index in [1.807, 2.05) is 79.1 Å². The minimum absolute atomic E-state index is 0.906. The molecule has 35 heavy (non-hydrogen) atoms. The number of fused-ring (bicyclic) bond motifs is 5. The number of aromatic nitrogens is 5. The molecule has 5 nitrogen and oxygen atoms in total. The molecule has 164 valence electrons. The highest BCUT2D eigenvalue weighted by Crippen LogP contribution is 2.34. The first kappa shape index (κ1) is 19.6. The summed E-state index contributed by atoms with van der Waals surface area (Å²) in [5, 5.41) is 1.06. The number of pyridine rings is 4. The third kappa shape index (κ3) is 3.25. The third-order valence-electron chi connectivity index (χ3n) is 6.31. The van der Waals surface area contributed by atoms with E-state index < -0.39 is 0 Å². The van der Waals surface area contributed by atoms with Crippen LogP contribution in [-0.4, -0.2) is 24.3 Å². The van der Waals surface area contributed by atoms with Crippen LogP contribution in [0.5, 0.6) is 0 Å². The number of nitrogens with zero attached hydrogens (tertiary/aromatic N) is 5. The smallest absolute Gasteiger partial charge is 0.137 e. The Morgan fingerprint density at radius 3 is 2.23 bits per heavy atom. The Balaban J connectivity index is 1.38. The summed E-state index contributed by atoms with van der Waals surface area (Å²) in [6, 6.07) is 32.7. The van der Waals surface area contributed by atoms with E-state index in [0.717, 1.165) is 61.4 Å². The molecule has 5 heterocycles. The predicted octanol–water partition coefficient (Wildman–Crippen LogP) is 6.83. The van der Waals surface area contributed by atoms with Gasteiger partial charge in [-0.1, -0.05) is 54.6 Å². The maximum atomic E-state index is 5.07. The molecule has 0 saturated carbocycles. The Kier molecular flexibility index (Phi) is 4.39. The second-order valence-electron chi connectivity index (χ2n) is 8.44. The predicted molar refractivity (Wildman–Crippen MR) is 140 cm³/mol. The van der Waals surface area contributed by atoms with Gasteiger partial charge in [0.25, 0.3) is 0 Å². The first-order valence-corrected chi connectivity index (χ1v) is 11.5. The monoisotopic (exact) mass is 449 g/mol. The molecule has 0 amide bonds. The number of imidazole rings is 1. The topological polar surface area (TPSA) is 56.0 Å². The first-order valence-electron chi connectivity index (χ1n) is 11.5. The fourth-order valence-corrected chi connectivity index (χ4v) is 4.63. The molecule has 0 aliphatic rings. The number of hydrogen-bond acceptors (Lipinski definition) is 4. The van der Waals surface area contributed by atoms with Gasteiger partial charge in [-0.2, -0.15) is 0 Å². The molecule has 0 aliphatic carbocycles. The summed E-state index contributed by atoms with van der Waals surface area (Å²) in [6.45, 7) is 0. The summed E-state index contributed by atoms with van der Waals surface area (Å²) in [5.41, 5.74) is 9.67. The van der Waals surface area contributed by atoms with E-state index in [9.17, 15) is 0 Å². The normalized spacial score (nSPS) is 11.4. The second kappa shape index (κ2) is 7.85. The first-order chi connectivity index (χ1) is 17.3. The van der Waals surface area contributed by atoms with E-state index >= 15 is 0 Å². The molecule has 0 unspecified atom stereocenters. The van der Waals surface area contributed by atoms with Gasteiger partial charge in [0.2, 0.25) is 0 Å². The van der Waals surface area contributed by atoms with Crippen molar-refractivity contribution in [2.24, 2.45) is 0 Å². The minimum Gasteiger partial charge on any atom is -0.298 e. The molecular formula is C30H19N5. The lowest BCUT2D eigenvalue weighted by molar-refractivity contribution is 1.22. The van der Waals surface area contributed by atoms with Gasteiger partial charge >= 0.3 is 0 Å². The zero-order valence-electron chi connectivity index (χ0n) is 18.7. The summed E-state index contributed by atoms with van der Waals surface area (Å²) in [5.74, 6) is 0. The van der Waals surface area contributed by atoms with Crippen molar-refractivity contribution in [1.29, 1.82) is 0 Å². The van der Waals surface area contributed by atoms with Crippen molar-refractivity contribution in [2.75, 3.05) is 0 Å². The summed E-state index contributed by atoms with van der Waals surface area (Å²) in [7, 11) is 0. The number of hydrogen-bond donors (Lipinski definition) is 0. The van der Waals surface area contributed by atoms with E-state index in [1.165, 1.54) is 0 Å². The maximum Gasteiger partial charge on any atom is 0.137 e. The molecule has 0 aliphatic heterocycles. The highest BCUT2D eigenvalue weighted by Gasteiger charge is 2.16. The SMILES string of the molecule is c1cncc(-c2cccc(-c3ccc(-c4nc5ccccc5c5nc6ccccn6c45)cc3)n2)c1. The average molecular weight is 450 g/mol. The van der Waals surface area contributed by atoms with Gasteiger partial charge in [-0.05, 0) is 42.5 Å². The molecule has 0 N–H and O–H groups in total. The molecule has 0 spiro atoms.